The van der Waals surface area contributed by atoms with Crippen LogP contribution in [0.5, 0.6) is 0 Å². The van der Waals surface area contributed by atoms with Gasteiger partial charge in [0.1, 0.15) is 6.04 Å². The van der Waals surface area contributed by atoms with Crippen molar-refractivity contribution in [2.45, 2.75) is 38.8 Å². The summed E-state index contributed by atoms with van der Waals surface area (Å²) < 4.78 is 0. The SMILES string of the molecule is CSCCC(NC(N)=O)C(=O)NC(CC(=O)O)C(C)C. The molecule has 0 spiro atoms. The Balaban J connectivity index is 4.67. The molecule has 0 aliphatic rings. The number of rotatable bonds is 9. The van der Waals surface area contributed by atoms with Gasteiger partial charge in [0, 0.05) is 6.04 Å². The first-order chi connectivity index (χ1) is 9.27. The molecule has 8 heteroatoms. The van der Waals surface area contributed by atoms with Gasteiger partial charge in [-0.05, 0) is 24.3 Å². The van der Waals surface area contributed by atoms with Crippen LogP contribution >= 0.6 is 11.8 Å². The van der Waals surface area contributed by atoms with Gasteiger partial charge < -0.3 is 21.5 Å². The molecule has 0 radical (unpaired) electrons. The fraction of sp³-hybridized carbons (Fsp3) is 0.750. The summed E-state index contributed by atoms with van der Waals surface area (Å²) in [4.78, 5) is 33.8. The molecule has 0 rings (SSSR count). The van der Waals surface area contributed by atoms with Crippen LogP contribution in [0.2, 0.25) is 0 Å². The molecule has 0 aromatic heterocycles. The molecule has 0 heterocycles. The summed E-state index contributed by atoms with van der Waals surface area (Å²) in [7, 11) is 0. The van der Waals surface area contributed by atoms with Crippen molar-refractivity contribution < 1.29 is 19.5 Å². The number of amides is 3. The van der Waals surface area contributed by atoms with E-state index >= 15 is 0 Å². The number of urea groups is 1. The second kappa shape index (κ2) is 9.46. The fourth-order valence-electron chi connectivity index (χ4n) is 1.60. The van der Waals surface area contributed by atoms with Crippen molar-refractivity contribution in [1.82, 2.24) is 10.6 Å². The van der Waals surface area contributed by atoms with Gasteiger partial charge in [0.2, 0.25) is 5.91 Å². The number of carboxylic acid groups (broad SMARTS) is 1. The summed E-state index contributed by atoms with van der Waals surface area (Å²) in [6.45, 7) is 3.65. The van der Waals surface area contributed by atoms with Crippen LogP contribution in [0.3, 0.4) is 0 Å². The van der Waals surface area contributed by atoms with E-state index in [4.69, 9.17) is 10.8 Å². The molecular weight excluding hydrogens is 282 g/mol. The van der Waals surface area contributed by atoms with E-state index in [0.717, 1.165) is 0 Å². The summed E-state index contributed by atoms with van der Waals surface area (Å²) in [5, 5.41) is 13.9. The average molecular weight is 305 g/mol. The molecule has 0 aromatic carbocycles. The number of carbonyl (C=O) groups is 3. The molecule has 0 bridgehead atoms. The van der Waals surface area contributed by atoms with E-state index in [1.165, 1.54) is 0 Å². The highest BCUT2D eigenvalue weighted by atomic mass is 32.2. The van der Waals surface area contributed by atoms with Gasteiger partial charge in [-0.15, -0.1) is 0 Å². The monoisotopic (exact) mass is 305 g/mol. The van der Waals surface area contributed by atoms with E-state index in [1.807, 2.05) is 20.1 Å². The molecule has 0 saturated heterocycles. The first-order valence-electron chi connectivity index (χ1n) is 6.35. The average Bonchev–Trinajstić information content (AvgIpc) is 2.32. The summed E-state index contributed by atoms with van der Waals surface area (Å²) in [6, 6.07) is -1.99. The van der Waals surface area contributed by atoms with Crippen LogP contribution in [0.15, 0.2) is 0 Å². The van der Waals surface area contributed by atoms with E-state index in [0.29, 0.717) is 12.2 Å². The third-order valence-corrected chi connectivity index (χ3v) is 3.41. The molecule has 3 amide bonds. The van der Waals surface area contributed by atoms with Gasteiger partial charge in [-0.25, -0.2) is 4.79 Å². The van der Waals surface area contributed by atoms with Crippen LogP contribution in [0.25, 0.3) is 0 Å². The lowest BCUT2D eigenvalue weighted by molar-refractivity contribution is -0.138. The van der Waals surface area contributed by atoms with Crippen molar-refractivity contribution in [2.24, 2.45) is 11.7 Å². The second-order valence-corrected chi connectivity index (χ2v) is 5.79. The van der Waals surface area contributed by atoms with Crippen LogP contribution in [0.1, 0.15) is 26.7 Å². The lowest BCUT2D eigenvalue weighted by atomic mass is 10.0. The Morgan fingerprint density at radius 3 is 2.25 bits per heavy atom. The molecule has 20 heavy (non-hydrogen) atoms. The van der Waals surface area contributed by atoms with Crippen LogP contribution in [0, 0.1) is 5.92 Å². The van der Waals surface area contributed by atoms with E-state index < -0.39 is 30.0 Å². The third kappa shape index (κ3) is 7.88. The predicted molar refractivity (Wildman–Crippen MR) is 78.5 cm³/mol. The van der Waals surface area contributed by atoms with Crippen molar-refractivity contribution >= 4 is 29.7 Å². The zero-order valence-electron chi connectivity index (χ0n) is 12.0. The van der Waals surface area contributed by atoms with Gasteiger partial charge in [-0.2, -0.15) is 11.8 Å². The molecule has 116 valence electrons. The molecule has 0 fully saturated rings. The Morgan fingerprint density at radius 2 is 1.85 bits per heavy atom. The maximum absolute atomic E-state index is 12.1. The molecule has 2 unspecified atom stereocenters. The number of aliphatic carboxylic acids is 1. The second-order valence-electron chi connectivity index (χ2n) is 4.80. The van der Waals surface area contributed by atoms with Crippen molar-refractivity contribution in [3.05, 3.63) is 0 Å². The minimum atomic E-state index is -0.979. The van der Waals surface area contributed by atoms with Crippen LogP contribution in [0.4, 0.5) is 4.79 Å². The lowest BCUT2D eigenvalue weighted by Gasteiger charge is -2.24. The normalized spacial score (nSPS) is 13.6. The number of nitrogens with one attached hydrogen (secondary N) is 2. The van der Waals surface area contributed by atoms with E-state index in [-0.39, 0.29) is 12.3 Å². The molecule has 0 aromatic rings. The molecule has 0 aliphatic carbocycles. The molecular formula is C12H23N3O4S. The standard InChI is InChI=1S/C12H23N3O4S/c1-7(2)9(6-10(16)17)14-11(18)8(4-5-20-3)15-12(13)19/h7-9H,4-6H2,1-3H3,(H,14,18)(H,16,17)(H3,13,15,19). The van der Waals surface area contributed by atoms with Crippen LogP contribution < -0.4 is 16.4 Å². The van der Waals surface area contributed by atoms with Gasteiger partial charge in [0.15, 0.2) is 0 Å². The maximum atomic E-state index is 12.1. The van der Waals surface area contributed by atoms with Gasteiger partial charge >= 0.3 is 12.0 Å². The molecule has 2 atom stereocenters. The first-order valence-corrected chi connectivity index (χ1v) is 7.74. The summed E-state index contributed by atoms with van der Waals surface area (Å²) >= 11 is 1.54. The summed E-state index contributed by atoms with van der Waals surface area (Å²) in [5.74, 6) is -0.723. The minimum Gasteiger partial charge on any atom is -0.481 e. The lowest BCUT2D eigenvalue weighted by Crippen LogP contribution is -2.52. The van der Waals surface area contributed by atoms with Gasteiger partial charge in [0.25, 0.3) is 0 Å². The van der Waals surface area contributed by atoms with E-state index in [9.17, 15) is 14.4 Å². The number of thioether (sulfide) groups is 1. The quantitative estimate of drug-likeness (QED) is 0.491. The highest BCUT2D eigenvalue weighted by Crippen LogP contribution is 2.08. The van der Waals surface area contributed by atoms with Gasteiger partial charge in [-0.1, -0.05) is 13.8 Å². The molecule has 0 saturated carbocycles. The van der Waals surface area contributed by atoms with Crippen LogP contribution in [-0.4, -0.2) is 47.1 Å². The smallest absolute Gasteiger partial charge is 0.312 e. The Bertz CT molecular complexity index is 350. The molecule has 5 N–H and O–H groups in total. The Morgan fingerprint density at radius 1 is 1.25 bits per heavy atom. The van der Waals surface area contributed by atoms with Gasteiger partial charge in [0.05, 0.1) is 6.42 Å². The third-order valence-electron chi connectivity index (χ3n) is 2.77. The largest absolute Gasteiger partial charge is 0.481 e. The number of hydrogen-bond acceptors (Lipinski definition) is 4. The zero-order chi connectivity index (χ0) is 15.7. The molecule has 7 nitrogen and oxygen atoms in total. The number of carbonyl (C=O) groups excluding carboxylic acids is 2. The highest BCUT2D eigenvalue weighted by molar-refractivity contribution is 7.98. The fourth-order valence-corrected chi connectivity index (χ4v) is 2.07. The van der Waals surface area contributed by atoms with Crippen molar-refractivity contribution in [1.29, 1.82) is 0 Å². The predicted octanol–water partition coefficient (Wildman–Crippen LogP) is 0.392. The van der Waals surface area contributed by atoms with Gasteiger partial charge in [-0.3, -0.25) is 9.59 Å². The topological polar surface area (TPSA) is 122 Å². The zero-order valence-corrected chi connectivity index (χ0v) is 12.8. The summed E-state index contributed by atoms with van der Waals surface area (Å²) in [5.41, 5.74) is 5.04. The number of carboxylic acids is 1. The van der Waals surface area contributed by atoms with Crippen molar-refractivity contribution in [3.8, 4) is 0 Å². The van der Waals surface area contributed by atoms with Crippen molar-refractivity contribution in [3.63, 3.8) is 0 Å². The number of nitrogens with two attached hydrogens (primary N) is 1. The first kappa shape index (κ1) is 18.6. The number of primary amides is 1. The summed E-state index contributed by atoms with van der Waals surface area (Å²) in [6.07, 6.45) is 2.17. The molecule has 0 aliphatic heterocycles. The van der Waals surface area contributed by atoms with E-state index in [1.54, 1.807) is 11.8 Å². The van der Waals surface area contributed by atoms with Crippen molar-refractivity contribution in [2.75, 3.05) is 12.0 Å². The van der Waals surface area contributed by atoms with E-state index in [2.05, 4.69) is 10.6 Å². The minimum absolute atomic E-state index is 0.0233. The Kier molecular flexibility index (Phi) is 8.78. The van der Waals surface area contributed by atoms with Crippen LogP contribution in [-0.2, 0) is 9.59 Å². The number of hydrogen-bond donors (Lipinski definition) is 4. The highest BCUT2D eigenvalue weighted by Gasteiger charge is 2.25. The maximum Gasteiger partial charge on any atom is 0.312 e. The Hall–Kier alpha value is -1.44. The Labute approximate surface area is 123 Å².